The number of aliphatic hydroxyl groups is 1. The molecule has 12 heavy (non-hydrogen) atoms. The average molecular weight is 169 g/mol. The number of hydrogen-bond acceptors (Lipinski definition) is 4. The zero-order chi connectivity index (χ0) is 9.02. The standard InChI is InChI=1S/C5H6O6.Li/c6-2(4(8)9)1-3(7)5(10)11;/h2,6H,1H2,(H,8,9)(H,10,11);. The summed E-state index contributed by atoms with van der Waals surface area (Å²) in [5.41, 5.74) is 0. The van der Waals surface area contributed by atoms with Crippen LogP contribution >= 0.6 is 0 Å². The van der Waals surface area contributed by atoms with Crippen molar-refractivity contribution in [3.05, 3.63) is 0 Å². The van der Waals surface area contributed by atoms with Crippen LogP contribution in [0.25, 0.3) is 0 Å². The first-order chi connectivity index (χ1) is 4.95. The molecule has 0 aromatic carbocycles. The van der Waals surface area contributed by atoms with Crippen molar-refractivity contribution in [1.82, 2.24) is 0 Å². The van der Waals surface area contributed by atoms with E-state index in [0.29, 0.717) is 0 Å². The van der Waals surface area contributed by atoms with Crippen LogP contribution < -0.4 is 0 Å². The van der Waals surface area contributed by atoms with Gasteiger partial charge in [0, 0.05) is 18.9 Å². The van der Waals surface area contributed by atoms with Crippen molar-refractivity contribution < 1.29 is 29.7 Å². The third kappa shape index (κ3) is 4.90. The van der Waals surface area contributed by atoms with E-state index in [0.717, 1.165) is 0 Å². The molecule has 7 heteroatoms. The summed E-state index contributed by atoms with van der Waals surface area (Å²) >= 11 is 0. The van der Waals surface area contributed by atoms with E-state index in [1.54, 1.807) is 0 Å². The summed E-state index contributed by atoms with van der Waals surface area (Å²) in [5.74, 6) is -4.68. The zero-order valence-corrected chi connectivity index (χ0v) is 6.35. The molecule has 0 aliphatic heterocycles. The summed E-state index contributed by atoms with van der Waals surface area (Å²) in [6.07, 6.45) is -2.83. The normalized spacial score (nSPS) is 11.1. The molecule has 6 nitrogen and oxygen atoms in total. The van der Waals surface area contributed by atoms with E-state index in [-0.39, 0.29) is 18.9 Å². The number of carbonyl (C=O) groups excluding carboxylic acids is 1. The SMILES string of the molecule is O=C(O)C(=O)CC(O)C(=O)O.[Li]. The van der Waals surface area contributed by atoms with E-state index in [1.165, 1.54) is 0 Å². The van der Waals surface area contributed by atoms with Crippen molar-refractivity contribution in [1.29, 1.82) is 0 Å². The Kier molecular flexibility index (Phi) is 6.61. The number of carboxylic acid groups (broad SMARTS) is 2. The fourth-order valence-corrected chi connectivity index (χ4v) is 0.350. The van der Waals surface area contributed by atoms with Gasteiger partial charge in [0.15, 0.2) is 6.10 Å². The molecule has 3 N–H and O–H groups in total. The van der Waals surface area contributed by atoms with Crippen LogP contribution in [-0.2, 0) is 14.4 Å². The molecular weight excluding hydrogens is 163 g/mol. The summed E-state index contributed by atoms with van der Waals surface area (Å²) < 4.78 is 0. The maximum absolute atomic E-state index is 10.2. The van der Waals surface area contributed by atoms with Gasteiger partial charge >= 0.3 is 11.9 Å². The van der Waals surface area contributed by atoms with Crippen LogP contribution in [0.5, 0.6) is 0 Å². The first-order valence-corrected chi connectivity index (χ1v) is 2.62. The van der Waals surface area contributed by atoms with Gasteiger partial charge in [-0.05, 0) is 0 Å². The van der Waals surface area contributed by atoms with Gasteiger partial charge in [-0.15, -0.1) is 0 Å². The van der Waals surface area contributed by atoms with Gasteiger partial charge in [-0.25, -0.2) is 9.59 Å². The zero-order valence-electron chi connectivity index (χ0n) is 6.35. The van der Waals surface area contributed by atoms with E-state index in [2.05, 4.69) is 0 Å². The van der Waals surface area contributed by atoms with Crippen molar-refractivity contribution in [2.24, 2.45) is 0 Å². The van der Waals surface area contributed by atoms with Crippen LogP contribution in [0, 0.1) is 0 Å². The van der Waals surface area contributed by atoms with Crippen LogP contribution in [0.15, 0.2) is 0 Å². The summed E-state index contributed by atoms with van der Waals surface area (Å²) in [6.45, 7) is 0. The molecule has 0 spiro atoms. The molecule has 0 bridgehead atoms. The third-order valence-electron chi connectivity index (χ3n) is 0.902. The van der Waals surface area contributed by atoms with Crippen molar-refractivity contribution in [2.45, 2.75) is 12.5 Å². The molecule has 0 aliphatic rings. The van der Waals surface area contributed by atoms with E-state index < -0.39 is 30.2 Å². The third-order valence-corrected chi connectivity index (χ3v) is 0.902. The molecule has 0 aromatic heterocycles. The Bertz CT molecular complexity index is 200. The van der Waals surface area contributed by atoms with E-state index in [9.17, 15) is 14.4 Å². The van der Waals surface area contributed by atoms with E-state index in [4.69, 9.17) is 15.3 Å². The minimum absolute atomic E-state index is 0. The van der Waals surface area contributed by atoms with Gasteiger partial charge in [0.2, 0.25) is 5.78 Å². The Morgan fingerprint density at radius 3 is 1.83 bits per heavy atom. The molecule has 0 aliphatic carbocycles. The molecule has 0 amide bonds. The molecule has 1 atom stereocenters. The summed E-state index contributed by atoms with van der Waals surface area (Å²) in [7, 11) is 0. The molecule has 0 fully saturated rings. The smallest absolute Gasteiger partial charge is 0.372 e. The number of aliphatic carboxylic acids is 2. The van der Waals surface area contributed by atoms with E-state index >= 15 is 0 Å². The Morgan fingerprint density at radius 2 is 1.58 bits per heavy atom. The van der Waals surface area contributed by atoms with Gasteiger partial charge in [-0.2, -0.15) is 0 Å². The first kappa shape index (κ1) is 13.7. The second-order valence-electron chi connectivity index (χ2n) is 1.79. The number of carbonyl (C=O) groups is 3. The van der Waals surface area contributed by atoms with Gasteiger partial charge in [-0.1, -0.05) is 0 Å². The van der Waals surface area contributed by atoms with Crippen molar-refractivity contribution >= 4 is 36.6 Å². The summed E-state index contributed by atoms with van der Waals surface area (Å²) in [4.78, 5) is 29.9. The van der Waals surface area contributed by atoms with Gasteiger partial charge < -0.3 is 15.3 Å². The number of aliphatic hydroxyl groups excluding tert-OH is 1. The van der Waals surface area contributed by atoms with Crippen LogP contribution in [0.4, 0.5) is 0 Å². The Hall–Kier alpha value is -0.833. The van der Waals surface area contributed by atoms with Crippen molar-refractivity contribution in [3.63, 3.8) is 0 Å². The maximum atomic E-state index is 10.2. The quantitative estimate of drug-likeness (QED) is 0.334. The van der Waals surface area contributed by atoms with E-state index in [1.807, 2.05) is 0 Å². The molecule has 0 heterocycles. The summed E-state index contributed by atoms with van der Waals surface area (Å²) in [6, 6.07) is 0. The minimum Gasteiger partial charge on any atom is -0.479 e. The number of Topliss-reactive ketones (excluding diaryl/α,β-unsaturated/α-hetero) is 1. The molecule has 0 saturated carbocycles. The predicted octanol–water partition coefficient (Wildman–Crippen LogP) is -1.91. The largest absolute Gasteiger partial charge is 0.479 e. The molecule has 0 saturated heterocycles. The van der Waals surface area contributed by atoms with Crippen molar-refractivity contribution in [2.75, 3.05) is 0 Å². The first-order valence-electron chi connectivity index (χ1n) is 2.62. The van der Waals surface area contributed by atoms with Gasteiger partial charge in [-0.3, -0.25) is 4.79 Å². The number of rotatable bonds is 4. The van der Waals surface area contributed by atoms with Crippen LogP contribution in [0.1, 0.15) is 6.42 Å². The Morgan fingerprint density at radius 1 is 1.17 bits per heavy atom. The molecular formula is C5H6LiO6. The fraction of sp³-hybridized carbons (Fsp3) is 0.400. The van der Waals surface area contributed by atoms with Crippen LogP contribution in [0.3, 0.4) is 0 Å². The fourth-order valence-electron chi connectivity index (χ4n) is 0.350. The average Bonchev–Trinajstić information content (AvgIpc) is 1.87. The molecule has 0 rings (SSSR count). The molecule has 63 valence electrons. The second kappa shape index (κ2) is 5.77. The van der Waals surface area contributed by atoms with Crippen LogP contribution in [-0.4, -0.2) is 58.0 Å². The minimum atomic E-state index is -1.93. The summed E-state index contributed by atoms with van der Waals surface area (Å²) in [5, 5.41) is 24.4. The number of hydrogen-bond donors (Lipinski definition) is 3. The Balaban J connectivity index is 0. The topological polar surface area (TPSA) is 112 Å². The van der Waals surface area contributed by atoms with Crippen LogP contribution in [0.2, 0.25) is 0 Å². The van der Waals surface area contributed by atoms with Gasteiger partial charge in [0.25, 0.3) is 0 Å². The monoisotopic (exact) mass is 169 g/mol. The maximum Gasteiger partial charge on any atom is 0.372 e. The molecule has 0 aromatic rings. The van der Waals surface area contributed by atoms with Gasteiger partial charge in [0.05, 0.1) is 6.42 Å². The van der Waals surface area contributed by atoms with Crippen molar-refractivity contribution in [3.8, 4) is 0 Å². The van der Waals surface area contributed by atoms with Gasteiger partial charge in [0.1, 0.15) is 0 Å². The molecule has 1 radical (unpaired) electrons. The number of ketones is 1. The molecule has 1 unspecified atom stereocenters. The second-order valence-corrected chi connectivity index (χ2v) is 1.79. The Labute approximate surface area is 79.4 Å². The number of carboxylic acids is 2. The predicted molar refractivity (Wildman–Crippen MR) is 36.7 cm³/mol.